The van der Waals surface area contributed by atoms with Crippen LogP contribution in [0.25, 0.3) is 0 Å². The molecule has 0 aromatic carbocycles. The summed E-state index contributed by atoms with van der Waals surface area (Å²) < 4.78 is 12.9. The van der Waals surface area contributed by atoms with Crippen molar-refractivity contribution in [1.82, 2.24) is 9.78 Å². The zero-order chi connectivity index (χ0) is 14.1. The first-order chi connectivity index (χ1) is 9.69. The van der Waals surface area contributed by atoms with Crippen molar-refractivity contribution in [3.8, 4) is 0 Å². The van der Waals surface area contributed by atoms with E-state index < -0.39 is 0 Å². The predicted molar refractivity (Wildman–Crippen MR) is 73.9 cm³/mol. The van der Waals surface area contributed by atoms with Gasteiger partial charge < -0.3 is 14.8 Å². The Kier molecular flexibility index (Phi) is 3.65. The van der Waals surface area contributed by atoms with E-state index >= 15 is 0 Å². The molecule has 0 spiro atoms. The molecule has 6 nitrogen and oxygen atoms in total. The fourth-order valence-electron chi connectivity index (χ4n) is 3.01. The lowest BCUT2D eigenvalue weighted by Crippen LogP contribution is -2.32. The molecule has 110 valence electrons. The van der Waals surface area contributed by atoms with Crippen LogP contribution < -0.4 is 5.32 Å². The van der Waals surface area contributed by atoms with Crippen LogP contribution in [0.15, 0.2) is 6.07 Å². The summed E-state index contributed by atoms with van der Waals surface area (Å²) in [6.07, 6.45) is 3.63. The van der Waals surface area contributed by atoms with E-state index in [9.17, 15) is 4.79 Å². The highest BCUT2D eigenvalue weighted by molar-refractivity contribution is 5.88. The van der Waals surface area contributed by atoms with Gasteiger partial charge in [0.2, 0.25) is 0 Å². The van der Waals surface area contributed by atoms with Crippen molar-refractivity contribution in [3.05, 3.63) is 11.8 Å². The van der Waals surface area contributed by atoms with E-state index in [1.54, 1.807) is 13.0 Å². The minimum atomic E-state index is -0.365. The lowest BCUT2D eigenvalue weighted by molar-refractivity contribution is 0.0169. The van der Waals surface area contributed by atoms with Crippen LogP contribution in [0.5, 0.6) is 0 Å². The maximum atomic E-state index is 11.8. The Labute approximate surface area is 118 Å². The van der Waals surface area contributed by atoms with Crippen molar-refractivity contribution in [2.24, 2.45) is 0 Å². The zero-order valence-electron chi connectivity index (χ0n) is 12.0. The number of ether oxygens (including phenoxy) is 2. The lowest BCUT2D eigenvalue weighted by Gasteiger charge is -2.29. The number of anilines is 1. The maximum Gasteiger partial charge on any atom is 0.358 e. The number of hydrogen-bond acceptors (Lipinski definition) is 5. The van der Waals surface area contributed by atoms with Crippen LogP contribution in [-0.4, -0.2) is 41.1 Å². The standard InChI is InChI=1S/C14H21N3O3/c1-3-19-14(18)10-8-13-15-7-6-11(17(13)16-10)12-5-4-9(2)20-12/h8-9,11-12,15H,3-7H2,1-2H3. The molecule has 1 aromatic rings. The highest BCUT2D eigenvalue weighted by Gasteiger charge is 2.34. The highest BCUT2D eigenvalue weighted by Crippen LogP contribution is 2.34. The second-order valence-corrected chi connectivity index (χ2v) is 5.43. The summed E-state index contributed by atoms with van der Waals surface area (Å²) in [6.45, 7) is 5.14. The molecule has 0 saturated carbocycles. The van der Waals surface area contributed by atoms with Crippen molar-refractivity contribution in [3.63, 3.8) is 0 Å². The van der Waals surface area contributed by atoms with Gasteiger partial charge in [0.05, 0.1) is 24.9 Å². The third-order valence-electron chi connectivity index (χ3n) is 3.97. The number of hydrogen-bond donors (Lipinski definition) is 1. The molecule has 1 aromatic heterocycles. The predicted octanol–water partition coefficient (Wildman–Crippen LogP) is 1.98. The molecule has 1 fully saturated rings. The van der Waals surface area contributed by atoms with Crippen molar-refractivity contribution in [2.75, 3.05) is 18.5 Å². The van der Waals surface area contributed by atoms with Crippen molar-refractivity contribution < 1.29 is 14.3 Å². The molecule has 0 radical (unpaired) electrons. The van der Waals surface area contributed by atoms with Crippen LogP contribution in [0.1, 0.15) is 49.6 Å². The smallest absolute Gasteiger partial charge is 0.358 e. The Hall–Kier alpha value is -1.56. The van der Waals surface area contributed by atoms with E-state index in [-0.39, 0.29) is 18.1 Å². The highest BCUT2D eigenvalue weighted by atomic mass is 16.5. The van der Waals surface area contributed by atoms with Crippen LogP contribution in [0, 0.1) is 0 Å². The van der Waals surface area contributed by atoms with Crippen LogP contribution in [0.3, 0.4) is 0 Å². The fraction of sp³-hybridized carbons (Fsp3) is 0.714. The Morgan fingerprint density at radius 3 is 3.10 bits per heavy atom. The second kappa shape index (κ2) is 5.44. The van der Waals surface area contributed by atoms with Gasteiger partial charge in [0.1, 0.15) is 5.82 Å². The number of rotatable bonds is 3. The molecule has 3 unspecified atom stereocenters. The van der Waals surface area contributed by atoms with Gasteiger partial charge in [-0.05, 0) is 33.1 Å². The normalized spacial score (nSPS) is 28.8. The van der Waals surface area contributed by atoms with Gasteiger partial charge in [-0.25, -0.2) is 9.48 Å². The van der Waals surface area contributed by atoms with Crippen LogP contribution in [0.2, 0.25) is 0 Å². The number of nitrogens with zero attached hydrogens (tertiary/aromatic N) is 2. The van der Waals surface area contributed by atoms with Gasteiger partial charge in [-0.1, -0.05) is 0 Å². The minimum Gasteiger partial charge on any atom is -0.461 e. The molecule has 20 heavy (non-hydrogen) atoms. The molecule has 0 amide bonds. The second-order valence-electron chi connectivity index (χ2n) is 5.43. The third-order valence-corrected chi connectivity index (χ3v) is 3.97. The number of carbonyl (C=O) groups excluding carboxylic acids is 1. The Balaban J connectivity index is 1.83. The number of nitrogens with one attached hydrogen (secondary N) is 1. The molecular formula is C14H21N3O3. The molecule has 1 saturated heterocycles. The summed E-state index contributed by atoms with van der Waals surface area (Å²) in [6, 6.07) is 1.97. The summed E-state index contributed by atoms with van der Waals surface area (Å²) >= 11 is 0. The van der Waals surface area contributed by atoms with Crippen molar-refractivity contribution >= 4 is 11.8 Å². The molecule has 3 rings (SSSR count). The van der Waals surface area contributed by atoms with Crippen LogP contribution >= 0.6 is 0 Å². The van der Waals surface area contributed by atoms with E-state index in [1.807, 2.05) is 4.68 Å². The number of aromatic nitrogens is 2. The van der Waals surface area contributed by atoms with Gasteiger partial charge in [-0.15, -0.1) is 0 Å². The van der Waals surface area contributed by atoms with Crippen LogP contribution in [0.4, 0.5) is 5.82 Å². The van der Waals surface area contributed by atoms with Gasteiger partial charge in [0.25, 0.3) is 0 Å². The first-order valence-corrected chi connectivity index (χ1v) is 7.35. The van der Waals surface area contributed by atoms with Crippen molar-refractivity contribution in [1.29, 1.82) is 0 Å². The van der Waals surface area contributed by atoms with Gasteiger partial charge in [-0.2, -0.15) is 5.10 Å². The molecule has 0 aliphatic carbocycles. The molecule has 6 heteroatoms. The molecule has 1 N–H and O–H groups in total. The van der Waals surface area contributed by atoms with E-state index in [0.29, 0.717) is 18.4 Å². The number of carbonyl (C=O) groups is 1. The lowest BCUT2D eigenvalue weighted by atomic mass is 10.0. The Morgan fingerprint density at radius 2 is 2.40 bits per heavy atom. The van der Waals surface area contributed by atoms with Gasteiger partial charge >= 0.3 is 5.97 Å². The van der Waals surface area contributed by atoms with E-state index in [4.69, 9.17) is 9.47 Å². The topological polar surface area (TPSA) is 65.4 Å². The largest absolute Gasteiger partial charge is 0.461 e. The van der Waals surface area contributed by atoms with Gasteiger partial charge in [-0.3, -0.25) is 0 Å². The zero-order valence-corrected chi connectivity index (χ0v) is 12.0. The van der Waals surface area contributed by atoms with Gasteiger partial charge in [0.15, 0.2) is 5.69 Å². The summed E-state index contributed by atoms with van der Waals surface area (Å²) in [4.78, 5) is 11.8. The monoisotopic (exact) mass is 279 g/mol. The first kappa shape index (κ1) is 13.4. The van der Waals surface area contributed by atoms with Crippen LogP contribution in [-0.2, 0) is 9.47 Å². The van der Waals surface area contributed by atoms with E-state index in [0.717, 1.165) is 31.6 Å². The number of fused-ring (bicyclic) bond motifs is 1. The van der Waals surface area contributed by atoms with E-state index in [1.165, 1.54) is 0 Å². The summed E-state index contributed by atoms with van der Waals surface area (Å²) in [5.41, 5.74) is 0.368. The quantitative estimate of drug-likeness (QED) is 0.857. The maximum absolute atomic E-state index is 11.8. The number of esters is 1. The Morgan fingerprint density at radius 1 is 1.55 bits per heavy atom. The minimum absolute atomic E-state index is 0.195. The van der Waals surface area contributed by atoms with Gasteiger partial charge in [0, 0.05) is 12.6 Å². The molecule has 2 aliphatic heterocycles. The van der Waals surface area contributed by atoms with E-state index in [2.05, 4.69) is 17.3 Å². The molecular weight excluding hydrogens is 258 g/mol. The molecule has 3 heterocycles. The SMILES string of the molecule is CCOC(=O)c1cc2n(n1)C(C1CCC(C)O1)CCN2. The molecule has 2 aliphatic rings. The summed E-state index contributed by atoms with van der Waals surface area (Å²) in [7, 11) is 0. The average Bonchev–Trinajstić information content (AvgIpc) is 3.04. The average molecular weight is 279 g/mol. The first-order valence-electron chi connectivity index (χ1n) is 7.35. The summed E-state index contributed by atoms with van der Waals surface area (Å²) in [5, 5.41) is 7.70. The fourth-order valence-corrected chi connectivity index (χ4v) is 3.01. The molecule has 0 bridgehead atoms. The Bertz CT molecular complexity index is 500. The van der Waals surface area contributed by atoms with Crippen molar-refractivity contribution in [2.45, 2.75) is 51.4 Å². The summed E-state index contributed by atoms with van der Waals surface area (Å²) in [5.74, 6) is 0.517. The molecule has 3 atom stereocenters. The third kappa shape index (κ3) is 2.40.